The van der Waals surface area contributed by atoms with Crippen molar-refractivity contribution in [3.63, 3.8) is 0 Å². The highest BCUT2D eigenvalue weighted by Crippen LogP contribution is 2.52. The molecule has 142 valence electrons. The molecule has 2 bridgehead atoms. The fourth-order valence-corrected chi connectivity index (χ4v) is 4.53. The summed E-state index contributed by atoms with van der Waals surface area (Å²) in [7, 11) is 1.71. The Balaban J connectivity index is 1.22. The van der Waals surface area contributed by atoms with Crippen LogP contribution < -0.4 is 10.6 Å². The van der Waals surface area contributed by atoms with Gasteiger partial charge >= 0.3 is 0 Å². The minimum absolute atomic E-state index is 0.0273. The average molecular weight is 367 g/mol. The molecule has 1 aromatic rings. The van der Waals surface area contributed by atoms with Crippen molar-refractivity contribution >= 4 is 17.8 Å². The van der Waals surface area contributed by atoms with Gasteiger partial charge in [-0.05, 0) is 36.8 Å². The molecule has 0 aromatic carbocycles. The molecule has 1 aromatic heterocycles. The number of rotatable bonds is 6. The second-order valence-electron chi connectivity index (χ2n) is 7.36. The summed E-state index contributed by atoms with van der Waals surface area (Å²) in [6.45, 7) is 1.69. The number of hydrogen-bond acceptors (Lipinski definition) is 4. The highest BCUT2D eigenvalue weighted by atomic mass is 16.2. The molecular weight excluding hydrogens is 342 g/mol. The van der Waals surface area contributed by atoms with Gasteiger partial charge in [-0.15, -0.1) is 0 Å². The SMILES string of the molecule is CN=C(NCCCN1C(=O)C2C3C=CC(C3)C2C1=O)NCc1ccccn1. The van der Waals surface area contributed by atoms with Crippen LogP contribution in [0.3, 0.4) is 0 Å². The maximum atomic E-state index is 12.6. The van der Waals surface area contributed by atoms with E-state index in [1.54, 1.807) is 13.2 Å². The number of aliphatic imine (C=N–C) groups is 1. The number of nitrogens with zero attached hydrogens (tertiary/aromatic N) is 3. The molecule has 7 heteroatoms. The predicted molar refractivity (Wildman–Crippen MR) is 101 cm³/mol. The summed E-state index contributed by atoms with van der Waals surface area (Å²) < 4.78 is 0. The molecule has 7 nitrogen and oxygen atoms in total. The summed E-state index contributed by atoms with van der Waals surface area (Å²) in [5.74, 6) is 1.07. The number of allylic oxidation sites excluding steroid dienone is 2. The van der Waals surface area contributed by atoms with Crippen molar-refractivity contribution in [1.82, 2.24) is 20.5 Å². The Morgan fingerprint density at radius 3 is 2.56 bits per heavy atom. The van der Waals surface area contributed by atoms with Crippen LogP contribution >= 0.6 is 0 Å². The molecular formula is C20H25N5O2. The Labute approximate surface area is 158 Å². The number of nitrogens with one attached hydrogen (secondary N) is 2. The zero-order chi connectivity index (χ0) is 18.8. The highest BCUT2D eigenvalue weighted by Gasteiger charge is 2.58. The number of carbonyl (C=O) groups excluding carboxylic acids is 2. The van der Waals surface area contributed by atoms with Crippen LogP contribution in [0.1, 0.15) is 18.5 Å². The van der Waals surface area contributed by atoms with Crippen LogP contribution in [0, 0.1) is 23.7 Å². The van der Waals surface area contributed by atoms with Gasteiger partial charge in [-0.2, -0.15) is 0 Å². The van der Waals surface area contributed by atoms with E-state index in [2.05, 4.69) is 32.8 Å². The van der Waals surface area contributed by atoms with Gasteiger partial charge in [0.05, 0.1) is 24.1 Å². The Bertz CT molecular complexity index is 746. The van der Waals surface area contributed by atoms with Gasteiger partial charge in [0.2, 0.25) is 11.8 Å². The first kappa shape index (κ1) is 17.7. The van der Waals surface area contributed by atoms with E-state index >= 15 is 0 Å². The summed E-state index contributed by atoms with van der Waals surface area (Å²) in [6, 6.07) is 5.78. The molecule has 2 fully saturated rings. The van der Waals surface area contributed by atoms with Gasteiger partial charge in [0.15, 0.2) is 5.96 Å². The van der Waals surface area contributed by atoms with Gasteiger partial charge in [-0.25, -0.2) is 0 Å². The van der Waals surface area contributed by atoms with Gasteiger partial charge in [-0.3, -0.25) is 24.5 Å². The summed E-state index contributed by atoms with van der Waals surface area (Å²) in [5, 5.41) is 6.43. The maximum absolute atomic E-state index is 12.6. The van der Waals surface area contributed by atoms with E-state index in [0.29, 0.717) is 32.0 Å². The third-order valence-electron chi connectivity index (χ3n) is 5.80. The Morgan fingerprint density at radius 1 is 1.19 bits per heavy atom. The lowest BCUT2D eigenvalue weighted by Gasteiger charge is -2.18. The summed E-state index contributed by atoms with van der Waals surface area (Å²) in [6.07, 6.45) is 7.68. The summed E-state index contributed by atoms with van der Waals surface area (Å²) >= 11 is 0. The molecule has 1 saturated heterocycles. The smallest absolute Gasteiger partial charge is 0.233 e. The molecule has 2 N–H and O–H groups in total. The van der Waals surface area contributed by atoms with Crippen LogP contribution in [0.25, 0.3) is 0 Å². The lowest BCUT2D eigenvalue weighted by atomic mass is 9.85. The molecule has 3 aliphatic rings. The zero-order valence-corrected chi connectivity index (χ0v) is 15.5. The van der Waals surface area contributed by atoms with Gasteiger partial charge in [0.25, 0.3) is 0 Å². The van der Waals surface area contributed by atoms with Crippen LogP contribution in [-0.2, 0) is 16.1 Å². The normalized spacial score (nSPS) is 28.8. The first-order valence-corrected chi connectivity index (χ1v) is 9.57. The number of imide groups is 1. The average Bonchev–Trinajstić information content (AvgIpc) is 3.37. The number of pyridine rings is 1. The molecule has 2 aliphatic carbocycles. The molecule has 27 heavy (non-hydrogen) atoms. The van der Waals surface area contributed by atoms with Gasteiger partial charge in [0, 0.05) is 26.3 Å². The molecule has 2 amide bonds. The number of guanidine groups is 1. The van der Waals surface area contributed by atoms with E-state index in [1.165, 1.54) is 4.90 Å². The van der Waals surface area contributed by atoms with Crippen LogP contribution in [0.2, 0.25) is 0 Å². The largest absolute Gasteiger partial charge is 0.356 e. The monoisotopic (exact) mass is 367 g/mol. The van der Waals surface area contributed by atoms with Gasteiger partial charge in [-0.1, -0.05) is 18.2 Å². The lowest BCUT2D eigenvalue weighted by Crippen LogP contribution is -2.39. The quantitative estimate of drug-likeness (QED) is 0.257. The van der Waals surface area contributed by atoms with Gasteiger partial charge < -0.3 is 10.6 Å². The van der Waals surface area contributed by atoms with Crippen LogP contribution in [0.4, 0.5) is 0 Å². The van der Waals surface area contributed by atoms with Crippen molar-refractivity contribution in [3.8, 4) is 0 Å². The van der Waals surface area contributed by atoms with E-state index in [-0.39, 0.29) is 35.5 Å². The van der Waals surface area contributed by atoms with Crippen molar-refractivity contribution in [3.05, 3.63) is 42.2 Å². The van der Waals surface area contributed by atoms with Crippen LogP contribution in [0.15, 0.2) is 41.5 Å². The standard InChI is InChI=1S/C20H25N5O2/c1-21-20(24-12-15-5-2-3-8-22-15)23-9-4-10-25-18(26)16-13-6-7-14(11-13)17(16)19(25)27/h2-3,5-8,13-14,16-17H,4,9-12H2,1H3,(H2,21,23,24). The molecule has 1 aliphatic heterocycles. The molecule has 4 atom stereocenters. The van der Waals surface area contributed by atoms with E-state index in [4.69, 9.17) is 0 Å². The predicted octanol–water partition coefficient (Wildman–Crippen LogP) is 0.944. The molecule has 1 saturated carbocycles. The first-order chi connectivity index (χ1) is 13.2. The van der Waals surface area contributed by atoms with Crippen molar-refractivity contribution in [2.24, 2.45) is 28.7 Å². The maximum Gasteiger partial charge on any atom is 0.233 e. The molecule has 4 rings (SSSR count). The Morgan fingerprint density at radius 2 is 1.93 bits per heavy atom. The van der Waals surface area contributed by atoms with E-state index in [1.807, 2.05) is 18.2 Å². The van der Waals surface area contributed by atoms with Crippen LogP contribution in [0.5, 0.6) is 0 Å². The lowest BCUT2D eigenvalue weighted by molar-refractivity contribution is -0.140. The van der Waals surface area contributed by atoms with E-state index in [9.17, 15) is 9.59 Å². The molecule has 0 spiro atoms. The minimum Gasteiger partial charge on any atom is -0.356 e. The van der Waals surface area contributed by atoms with E-state index < -0.39 is 0 Å². The molecule has 2 heterocycles. The number of amides is 2. The number of carbonyl (C=O) groups is 2. The number of hydrogen-bond donors (Lipinski definition) is 2. The molecule has 4 unspecified atom stereocenters. The van der Waals surface area contributed by atoms with Gasteiger partial charge in [0.1, 0.15) is 0 Å². The van der Waals surface area contributed by atoms with Crippen molar-refractivity contribution in [2.45, 2.75) is 19.4 Å². The third-order valence-corrected chi connectivity index (χ3v) is 5.80. The number of aromatic nitrogens is 1. The van der Waals surface area contributed by atoms with Crippen molar-refractivity contribution in [1.29, 1.82) is 0 Å². The summed E-state index contributed by atoms with van der Waals surface area (Å²) in [4.78, 5) is 35.2. The summed E-state index contributed by atoms with van der Waals surface area (Å²) in [5.41, 5.74) is 0.934. The highest BCUT2D eigenvalue weighted by molar-refractivity contribution is 6.06. The number of fused-ring (bicyclic) bond motifs is 5. The third kappa shape index (κ3) is 3.34. The van der Waals surface area contributed by atoms with E-state index in [0.717, 1.165) is 12.1 Å². The Kier molecular flexibility index (Phi) is 4.92. The Hall–Kier alpha value is -2.70. The fourth-order valence-electron chi connectivity index (χ4n) is 4.53. The second-order valence-corrected chi connectivity index (χ2v) is 7.36. The van der Waals surface area contributed by atoms with Crippen molar-refractivity contribution < 1.29 is 9.59 Å². The topological polar surface area (TPSA) is 86.7 Å². The van der Waals surface area contributed by atoms with Crippen molar-refractivity contribution in [2.75, 3.05) is 20.1 Å². The van der Waals surface area contributed by atoms with Crippen LogP contribution in [-0.4, -0.2) is 47.8 Å². The second kappa shape index (κ2) is 7.50. The number of likely N-dealkylation sites (tertiary alicyclic amines) is 1. The zero-order valence-electron chi connectivity index (χ0n) is 15.5. The first-order valence-electron chi connectivity index (χ1n) is 9.57. The minimum atomic E-state index is -0.103. The molecule has 0 radical (unpaired) electrons. The fraction of sp³-hybridized carbons (Fsp3) is 0.500.